The van der Waals surface area contributed by atoms with Crippen LogP contribution in [0, 0.1) is 5.82 Å². The minimum Gasteiger partial charge on any atom is -0.486 e. The summed E-state index contributed by atoms with van der Waals surface area (Å²) >= 11 is 6.11. The fraction of sp³-hybridized carbons (Fsp3) is 0.269. The Morgan fingerprint density at radius 1 is 1.08 bits per heavy atom. The van der Waals surface area contributed by atoms with E-state index in [2.05, 4.69) is 0 Å². The number of halogens is 5. The van der Waals surface area contributed by atoms with Crippen molar-refractivity contribution in [2.75, 3.05) is 10.8 Å². The number of carbonyl (C=O) groups is 1. The Balaban J connectivity index is 1.71. The van der Waals surface area contributed by atoms with Crippen LogP contribution in [0.25, 0.3) is 0 Å². The van der Waals surface area contributed by atoms with Crippen LogP contribution in [-0.4, -0.2) is 32.1 Å². The van der Waals surface area contributed by atoms with Gasteiger partial charge in [-0.2, -0.15) is 13.2 Å². The Labute approximate surface area is 221 Å². The quantitative estimate of drug-likeness (QED) is 0.330. The fourth-order valence-corrected chi connectivity index (χ4v) is 5.98. The summed E-state index contributed by atoms with van der Waals surface area (Å²) in [6.45, 7) is -0.304. The molecule has 12 heteroatoms. The highest BCUT2D eigenvalue weighted by Gasteiger charge is 2.37. The molecule has 202 valence electrons. The Kier molecular flexibility index (Phi) is 7.89. The van der Waals surface area contributed by atoms with Crippen molar-refractivity contribution in [1.82, 2.24) is 0 Å². The van der Waals surface area contributed by atoms with Crippen LogP contribution >= 0.6 is 11.6 Å². The van der Waals surface area contributed by atoms with Crippen molar-refractivity contribution < 1.29 is 40.6 Å². The first-order valence-electron chi connectivity index (χ1n) is 11.5. The van der Waals surface area contributed by atoms with Crippen molar-refractivity contribution in [3.8, 4) is 5.75 Å². The van der Waals surface area contributed by atoms with E-state index in [9.17, 15) is 30.8 Å². The lowest BCUT2D eigenvalue weighted by Crippen LogP contribution is -2.43. The largest absolute Gasteiger partial charge is 0.486 e. The van der Waals surface area contributed by atoms with Gasteiger partial charge in [-0.25, -0.2) is 12.8 Å². The molecular formula is C26H22ClF4NO5S. The number of rotatable bonds is 8. The molecule has 0 amide bonds. The molecule has 0 saturated carbocycles. The fourth-order valence-electron chi connectivity index (χ4n) is 4.18. The maximum absolute atomic E-state index is 14.2. The lowest BCUT2D eigenvalue weighted by atomic mass is 10.0. The number of fused-ring (bicyclic) bond motifs is 1. The maximum atomic E-state index is 14.2. The zero-order chi connectivity index (χ0) is 27.7. The smallest absolute Gasteiger partial charge is 0.416 e. The van der Waals surface area contributed by atoms with E-state index in [-0.39, 0.29) is 48.7 Å². The monoisotopic (exact) mass is 571 g/mol. The molecule has 3 aromatic carbocycles. The first-order chi connectivity index (χ1) is 17.9. The number of nitrogens with zero attached hydrogens (tertiary/aromatic N) is 1. The molecule has 0 spiro atoms. The summed E-state index contributed by atoms with van der Waals surface area (Å²) in [5.74, 6) is -1.45. The summed E-state index contributed by atoms with van der Waals surface area (Å²) in [7, 11) is -4.50. The van der Waals surface area contributed by atoms with Crippen LogP contribution in [0.4, 0.5) is 23.2 Å². The zero-order valence-electron chi connectivity index (χ0n) is 19.7. The predicted molar refractivity (Wildman–Crippen MR) is 133 cm³/mol. The minimum absolute atomic E-state index is 0.0169. The molecule has 3 aromatic rings. The van der Waals surface area contributed by atoms with Crippen LogP contribution < -0.4 is 9.04 Å². The van der Waals surface area contributed by atoms with Gasteiger partial charge < -0.3 is 9.84 Å². The molecule has 6 nitrogen and oxygen atoms in total. The normalized spacial score (nSPS) is 15.6. The van der Waals surface area contributed by atoms with E-state index in [1.54, 1.807) is 12.1 Å². The van der Waals surface area contributed by atoms with E-state index < -0.39 is 44.5 Å². The number of ether oxygens (including phenoxy) is 1. The topological polar surface area (TPSA) is 83.9 Å². The molecule has 1 N–H and O–H groups in total. The van der Waals surface area contributed by atoms with Crippen molar-refractivity contribution in [2.45, 2.75) is 42.9 Å². The number of aliphatic carboxylic acids is 1. The summed E-state index contributed by atoms with van der Waals surface area (Å²) in [4.78, 5) is 10.5. The van der Waals surface area contributed by atoms with Crippen molar-refractivity contribution in [3.05, 3.63) is 88.2 Å². The molecule has 1 aliphatic heterocycles. The number of benzene rings is 3. The number of sulfonamides is 1. The van der Waals surface area contributed by atoms with Crippen LogP contribution in [-0.2, 0) is 33.8 Å². The molecule has 0 aromatic heterocycles. The second kappa shape index (κ2) is 10.8. The molecule has 0 saturated heterocycles. The van der Waals surface area contributed by atoms with Gasteiger partial charge in [-0.3, -0.25) is 9.10 Å². The van der Waals surface area contributed by atoms with Crippen molar-refractivity contribution in [2.24, 2.45) is 0 Å². The summed E-state index contributed by atoms with van der Waals surface area (Å²) in [5, 5.41) is 9.30. The van der Waals surface area contributed by atoms with Crippen LogP contribution in [0.15, 0.2) is 65.6 Å². The number of hydrogen-bond acceptors (Lipinski definition) is 4. The van der Waals surface area contributed by atoms with Gasteiger partial charge in [0.1, 0.15) is 17.7 Å². The van der Waals surface area contributed by atoms with Gasteiger partial charge in [0, 0.05) is 17.0 Å². The molecule has 0 bridgehead atoms. The standard InChI is InChI=1S/C26H22ClF4NO5S/c27-21-5-2-6-22(28)20(21)10-7-16-8-11-24-23(13-16)32(15-18(37-24)9-12-25(33)34)38(35,36)19-4-1-3-17(14-19)26(29,30)31/h1-6,8,11,13-14,18H,7,9-10,12,15H2,(H,33,34). The number of alkyl halides is 3. The van der Waals surface area contributed by atoms with Gasteiger partial charge in [0.25, 0.3) is 10.0 Å². The van der Waals surface area contributed by atoms with E-state index >= 15 is 0 Å². The Bertz CT molecular complexity index is 1440. The van der Waals surface area contributed by atoms with Crippen molar-refractivity contribution >= 4 is 33.3 Å². The van der Waals surface area contributed by atoms with E-state index in [4.69, 9.17) is 21.4 Å². The third-order valence-electron chi connectivity index (χ3n) is 6.11. The Hall–Kier alpha value is -3.31. The van der Waals surface area contributed by atoms with E-state index in [1.807, 2.05) is 0 Å². The highest BCUT2D eigenvalue weighted by Crippen LogP contribution is 2.40. The van der Waals surface area contributed by atoms with Gasteiger partial charge in [0.15, 0.2) is 0 Å². The van der Waals surface area contributed by atoms with Crippen LogP contribution in [0.5, 0.6) is 5.75 Å². The van der Waals surface area contributed by atoms with Crippen molar-refractivity contribution in [1.29, 1.82) is 0 Å². The van der Waals surface area contributed by atoms with Crippen LogP contribution in [0.3, 0.4) is 0 Å². The second-order valence-electron chi connectivity index (χ2n) is 8.74. The van der Waals surface area contributed by atoms with Gasteiger partial charge in [-0.15, -0.1) is 0 Å². The SMILES string of the molecule is O=C(O)CCC1CN(S(=O)(=O)c2cccc(C(F)(F)F)c2)c2cc(CCc3c(F)cccc3Cl)ccc2O1. The first-order valence-corrected chi connectivity index (χ1v) is 13.3. The Morgan fingerprint density at radius 2 is 1.82 bits per heavy atom. The highest BCUT2D eigenvalue weighted by atomic mass is 35.5. The second-order valence-corrected chi connectivity index (χ2v) is 11.0. The highest BCUT2D eigenvalue weighted by molar-refractivity contribution is 7.92. The average Bonchev–Trinajstić information content (AvgIpc) is 2.86. The van der Waals surface area contributed by atoms with Crippen LogP contribution in [0.1, 0.15) is 29.5 Å². The number of aryl methyl sites for hydroxylation is 1. The minimum atomic E-state index is -4.75. The molecule has 1 aliphatic rings. The molecule has 0 radical (unpaired) electrons. The third-order valence-corrected chi connectivity index (χ3v) is 8.24. The average molecular weight is 572 g/mol. The molecule has 38 heavy (non-hydrogen) atoms. The molecule has 1 heterocycles. The summed E-state index contributed by atoms with van der Waals surface area (Å²) in [5.41, 5.74) is -0.124. The number of hydrogen-bond donors (Lipinski definition) is 1. The molecule has 0 fully saturated rings. The zero-order valence-corrected chi connectivity index (χ0v) is 21.3. The van der Waals surface area contributed by atoms with Gasteiger partial charge in [-0.05, 0) is 67.3 Å². The van der Waals surface area contributed by atoms with Crippen LogP contribution in [0.2, 0.25) is 5.02 Å². The summed E-state index contributed by atoms with van der Waals surface area (Å²) < 4.78 is 88.1. The molecule has 1 atom stereocenters. The number of carboxylic acids is 1. The van der Waals surface area contributed by atoms with E-state index in [0.717, 1.165) is 22.5 Å². The first kappa shape index (κ1) is 27.7. The lowest BCUT2D eigenvalue weighted by Gasteiger charge is -2.36. The number of anilines is 1. The van der Waals surface area contributed by atoms with Gasteiger partial charge in [0.05, 0.1) is 22.7 Å². The molecule has 0 aliphatic carbocycles. The lowest BCUT2D eigenvalue weighted by molar-refractivity contribution is -0.138. The summed E-state index contributed by atoms with van der Waals surface area (Å²) in [6, 6.07) is 12.4. The Morgan fingerprint density at radius 3 is 2.50 bits per heavy atom. The molecule has 1 unspecified atom stereocenters. The van der Waals surface area contributed by atoms with E-state index in [0.29, 0.717) is 17.2 Å². The molecule has 4 rings (SSSR count). The molecular weight excluding hydrogens is 550 g/mol. The van der Waals surface area contributed by atoms with Gasteiger partial charge in [-0.1, -0.05) is 29.8 Å². The van der Waals surface area contributed by atoms with Gasteiger partial charge in [0.2, 0.25) is 0 Å². The van der Waals surface area contributed by atoms with Crippen molar-refractivity contribution in [3.63, 3.8) is 0 Å². The predicted octanol–water partition coefficient (Wildman–Crippen LogP) is 6.10. The maximum Gasteiger partial charge on any atom is 0.416 e. The van der Waals surface area contributed by atoms with Gasteiger partial charge >= 0.3 is 12.1 Å². The van der Waals surface area contributed by atoms with E-state index in [1.165, 1.54) is 24.3 Å². The summed E-state index contributed by atoms with van der Waals surface area (Å²) in [6.07, 6.45) is -5.40. The number of carboxylic acid groups (broad SMARTS) is 1. The third kappa shape index (κ3) is 6.05.